The van der Waals surface area contributed by atoms with Gasteiger partial charge >= 0.3 is 5.63 Å². The molecule has 0 saturated heterocycles. The number of hydrogen-bond donors (Lipinski definition) is 2. The molecule has 0 spiro atoms. The molecule has 1 heterocycles. The SMILES string of the molecule is CCCc1cc(=O)oc2c(C)c(OCC(=O)NCCC[NH+](C)C)ccc12. The molecule has 142 valence electrons. The molecule has 0 aliphatic heterocycles. The molecular weight excluding hydrogens is 332 g/mol. The van der Waals surface area contributed by atoms with Crippen LogP contribution in [0.15, 0.2) is 27.4 Å². The molecule has 2 aromatic rings. The molecule has 0 unspecified atom stereocenters. The van der Waals surface area contributed by atoms with Crippen molar-refractivity contribution in [1.82, 2.24) is 5.32 Å². The highest BCUT2D eigenvalue weighted by Gasteiger charge is 2.12. The van der Waals surface area contributed by atoms with E-state index in [0.717, 1.165) is 42.3 Å². The minimum Gasteiger partial charge on any atom is -0.483 e. The lowest BCUT2D eigenvalue weighted by Crippen LogP contribution is -3.05. The van der Waals surface area contributed by atoms with Crippen molar-refractivity contribution in [2.24, 2.45) is 0 Å². The fraction of sp³-hybridized carbons (Fsp3) is 0.500. The first-order chi connectivity index (χ1) is 12.4. The zero-order chi connectivity index (χ0) is 19.1. The predicted octanol–water partition coefficient (Wildman–Crippen LogP) is 1.08. The Hall–Kier alpha value is -2.34. The second-order valence-corrected chi connectivity index (χ2v) is 6.86. The summed E-state index contributed by atoms with van der Waals surface area (Å²) < 4.78 is 11.0. The van der Waals surface area contributed by atoms with Crippen LogP contribution in [0, 0.1) is 6.92 Å². The highest BCUT2D eigenvalue weighted by Crippen LogP contribution is 2.28. The number of carbonyl (C=O) groups is 1. The third-order valence-corrected chi connectivity index (χ3v) is 4.25. The summed E-state index contributed by atoms with van der Waals surface area (Å²) in [6, 6.07) is 5.28. The maximum atomic E-state index is 11.9. The second-order valence-electron chi connectivity index (χ2n) is 6.86. The van der Waals surface area contributed by atoms with Crippen LogP contribution in [0.5, 0.6) is 5.75 Å². The third-order valence-electron chi connectivity index (χ3n) is 4.25. The molecule has 0 bridgehead atoms. The molecule has 0 radical (unpaired) electrons. The average molecular weight is 361 g/mol. The zero-order valence-corrected chi connectivity index (χ0v) is 16.1. The van der Waals surface area contributed by atoms with E-state index < -0.39 is 0 Å². The number of rotatable bonds is 9. The lowest BCUT2D eigenvalue weighted by molar-refractivity contribution is -0.858. The van der Waals surface area contributed by atoms with E-state index in [1.54, 1.807) is 6.07 Å². The van der Waals surface area contributed by atoms with E-state index in [1.807, 2.05) is 19.1 Å². The Bertz CT molecular complexity index is 811. The van der Waals surface area contributed by atoms with Crippen molar-refractivity contribution >= 4 is 16.9 Å². The molecule has 6 nitrogen and oxygen atoms in total. The monoisotopic (exact) mass is 361 g/mol. The molecule has 1 aromatic heterocycles. The molecule has 2 rings (SSSR count). The molecule has 1 amide bonds. The van der Waals surface area contributed by atoms with Gasteiger partial charge in [-0.05, 0) is 31.0 Å². The van der Waals surface area contributed by atoms with Crippen molar-refractivity contribution in [3.05, 3.63) is 39.7 Å². The molecule has 26 heavy (non-hydrogen) atoms. The Labute approximate surface area is 154 Å². The van der Waals surface area contributed by atoms with Gasteiger partial charge in [-0.15, -0.1) is 0 Å². The molecule has 1 aromatic carbocycles. The minimum atomic E-state index is -0.359. The van der Waals surface area contributed by atoms with Crippen LogP contribution in [0.3, 0.4) is 0 Å². The summed E-state index contributed by atoms with van der Waals surface area (Å²) in [5, 5.41) is 3.77. The van der Waals surface area contributed by atoms with Crippen LogP contribution in [0.2, 0.25) is 0 Å². The Morgan fingerprint density at radius 3 is 2.77 bits per heavy atom. The largest absolute Gasteiger partial charge is 0.483 e. The number of quaternary nitrogens is 1. The number of aryl methyl sites for hydroxylation is 2. The minimum absolute atomic E-state index is 0.0555. The lowest BCUT2D eigenvalue weighted by Gasteiger charge is -2.12. The molecular formula is C20H29N2O4+. The van der Waals surface area contributed by atoms with Gasteiger partial charge in [0.05, 0.1) is 20.6 Å². The highest BCUT2D eigenvalue weighted by atomic mass is 16.5. The van der Waals surface area contributed by atoms with Crippen LogP contribution in [0.25, 0.3) is 11.0 Å². The summed E-state index contributed by atoms with van der Waals surface area (Å²) in [7, 11) is 4.16. The number of ether oxygens (including phenoxy) is 1. The lowest BCUT2D eigenvalue weighted by atomic mass is 10.0. The van der Waals surface area contributed by atoms with Crippen molar-refractivity contribution in [2.75, 3.05) is 33.8 Å². The second kappa shape index (κ2) is 9.38. The van der Waals surface area contributed by atoms with Gasteiger partial charge in [-0.3, -0.25) is 4.79 Å². The molecule has 2 N–H and O–H groups in total. The van der Waals surface area contributed by atoms with Gasteiger partial charge in [0.1, 0.15) is 11.3 Å². The maximum Gasteiger partial charge on any atom is 0.336 e. The number of nitrogens with one attached hydrogen (secondary N) is 2. The standard InChI is InChI=1S/C20H28N2O4/c1-5-7-15-12-19(24)26-20-14(2)17(9-8-16(15)20)25-13-18(23)21-10-6-11-22(3)4/h8-9,12H,5-7,10-11,13H2,1-4H3,(H,21,23)/p+1. The van der Waals surface area contributed by atoms with Crippen molar-refractivity contribution in [1.29, 1.82) is 0 Å². The van der Waals surface area contributed by atoms with E-state index in [-0.39, 0.29) is 18.1 Å². The molecule has 6 heteroatoms. The van der Waals surface area contributed by atoms with Gasteiger partial charge in [-0.1, -0.05) is 13.3 Å². The van der Waals surface area contributed by atoms with Gasteiger partial charge in [0.25, 0.3) is 5.91 Å². The fourth-order valence-corrected chi connectivity index (χ4v) is 2.90. The van der Waals surface area contributed by atoms with Crippen LogP contribution in [0.1, 0.15) is 30.9 Å². The number of amides is 1. The van der Waals surface area contributed by atoms with Crippen molar-refractivity contribution < 1.29 is 18.8 Å². The van der Waals surface area contributed by atoms with Gasteiger partial charge in [0, 0.05) is 30.0 Å². The highest BCUT2D eigenvalue weighted by molar-refractivity contribution is 5.85. The van der Waals surface area contributed by atoms with Gasteiger partial charge in [0.15, 0.2) is 6.61 Å². The van der Waals surface area contributed by atoms with Gasteiger partial charge in [-0.25, -0.2) is 4.79 Å². The topological polar surface area (TPSA) is 73.0 Å². The summed E-state index contributed by atoms with van der Waals surface area (Å²) in [5.74, 6) is 0.404. The molecule has 0 fully saturated rings. The first-order valence-corrected chi connectivity index (χ1v) is 9.17. The summed E-state index contributed by atoms with van der Waals surface area (Å²) in [6.45, 7) is 5.50. The third kappa shape index (κ3) is 5.33. The van der Waals surface area contributed by atoms with Crippen LogP contribution in [-0.4, -0.2) is 39.7 Å². The summed E-state index contributed by atoms with van der Waals surface area (Å²) in [6.07, 6.45) is 2.69. The van der Waals surface area contributed by atoms with Gasteiger partial charge < -0.3 is 19.4 Å². The quantitative estimate of drug-likeness (QED) is 0.518. The Morgan fingerprint density at radius 1 is 1.31 bits per heavy atom. The van der Waals surface area contributed by atoms with E-state index in [9.17, 15) is 9.59 Å². The maximum absolute atomic E-state index is 11.9. The molecule has 0 aliphatic rings. The fourth-order valence-electron chi connectivity index (χ4n) is 2.90. The predicted molar refractivity (Wildman–Crippen MR) is 102 cm³/mol. The van der Waals surface area contributed by atoms with Crippen molar-refractivity contribution in [2.45, 2.75) is 33.1 Å². The number of benzene rings is 1. The summed E-state index contributed by atoms with van der Waals surface area (Å²) in [5.41, 5.74) is 1.89. The molecule has 0 saturated carbocycles. The van der Waals surface area contributed by atoms with Gasteiger partial charge in [0.2, 0.25) is 0 Å². The first kappa shape index (κ1) is 20.0. The Balaban J connectivity index is 2.05. The number of hydrogen-bond acceptors (Lipinski definition) is 4. The van der Waals surface area contributed by atoms with Crippen molar-refractivity contribution in [3.8, 4) is 5.75 Å². The van der Waals surface area contributed by atoms with Crippen LogP contribution in [0.4, 0.5) is 0 Å². The zero-order valence-electron chi connectivity index (χ0n) is 16.1. The van der Waals surface area contributed by atoms with E-state index in [0.29, 0.717) is 17.9 Å². The van der Waals surface area contributed by atoms with Crippen LogP contribution >= 0.6 is 0 Å². The van der Waals surface area contributed by atoms with E-state index >= 15 is 0 Å². The normalized spacial score (nSPS) is 11.1. The van der Waals surface area contributed by atoms with E-state index in [2.05, 4.69) is 26.3 Å². The van der Waals surface area contributed by atoms with Gasteiger partial charge in [-0.2, -0.15) is 0 Å². The smallest absolute Gasteiger partial charge is 0.336 e. The Morgan fingerprint density at radius 2 is 2.08 bits per heavy atom. The number of fused-ring (bicyclic) bond motifs is 1. The van der Waals surface area contributed by atoms with E-state index in [4.69, 9.17) is 9.15 Å². The van der Waals surface area contributed by atoms with Crippen molar-refractivity contribution in [3.63, 3.8) is 0 Å². The van der Waals surface area contributed by atoms with Crippen LogP contribution in [-0.2, 0) is 11.2 Å². The molecule has 0 aliphatic carbocycles. The van der Waals surface area contributed by atoms with E-state index in [1.165, 1.54) is 4.90 Å². The number of carbonyl (C=O) groups excluding carboxylic acids is 1. The summed E-state index contributed by atoms with van der Waals surface area (Å²) >= 11 is 0. The van der Waals surface area contributed by atoms with Crippen LogP contribution < -0.4 is 20.6 Å². The first-order valence-electron chi connectivity index (χ1n) is 9.17. The summed E-state index contributed by atoms with van der Waals surface area (Å²) in [4.78, 5) is 25.1. The Kier molecular flexibility index (Phi) is 7.21. The molecule has 0 atom stereocenters. The average Bonchev–Trinajstić information content (AvgIpc) is 2.59.